The van der Waals surface area contributed by atoms with Crippen LogP contribution in [0.3, 0.4) is 0 Å². The molecule has 0 heterocycles. The first-order chi connectivity index (χ1) is 6.95. The van der Waals surface area contributed by atoms with Crippen molar-refractivity contribution in [1.29, 1.82) is 0 Å². The van der Waals surface area contributed by atoms with E-state index in [1.807, 2.05) is 0 Å². The van der Waals surface area contributed by atoms with E-state index in [-0.39, 0.29) is 12.6 Å². The Hall–Kier alpha value is -0.0800. The molecule has 0 fully saturated rings. The van der Waals surface area contributed by atoms with Crippen molar-refractivity contribution in [3.8, 4) is 0 Å². The molecule has 0 aromatic rings. The maximum absolute atomic E-state index is 9.24. The summed E-state index contributed by atoms with van der Waals surface area (Å²) in [4.78, 5) is 0. The van der Waals surface area contributed by atoms with E-state index in [2.05, 4.69) is 39.9 Å². The van der Waals surface area contributed by atoms with Gasteiger partial charge in [0, 0.05) is 12.1 Å². The van der Waals surface area contributed by atoms with E-state index >= 15 is 0 Å². The molecule has 0 aromatic heterocycles. The Morgan fingerprint density at radius 1 is 0.933 bits per heavy atom. The third kappa shape index (κ3) is 8.88. The minimum atomic E-state index is 0.254. The Morgan fingerprint density at radius 3 is 1.93 bits per heavy atom. The summed E-state index contributed by atoms with van der Waals surface area (Å²) in [6.07, 6.45) is 3.52. The second kappa shape index (κ2) is 8.12. The van der Waals surface area contributed by atoms with Gasteiger partial charge in [0.05, 0.1) is 6.61 Å². The van der Waals surface area contributed by atoms with Crippen molar-refractivity contribution in [2.45, 2.75) is 66.0 Å². The fourth-order valence-corrected chi connectivity index (χ4v) is 1.83. The van der Waals surface area contributed by atoms with Crippen LogP contribution in [-0.2, 0) is 0 Å². The van der Waals surface area contributed by atoms with E-state index in [4.69, 9.17) is 0 Å². The van der Waals surface area contributed by atoms with Gasteiger partial charge in [-0.1, -0.05) is 27.7 Å². The number of rotatable bonds is 8. The van der Waals surface area contributed by atoms with E-state index < -0.39 is 0 Å². The molecule has 0 bridgehead atoms. The summed E-state index contributed by atoms with van der Waals surface area (Å²) in [5, 5.41) is 12.7. The molecule has 0 saturated carbocycles. The Morgan fingerprint density at radius 2 is 1.53 bits per heavy atom. The quantitative estimate of drug-likeness (QED) is 0.652. The maximum Gasteiger partial charge on any atom is 0.0584 e. The molecule has 0 unspecified atom stereocenters. The SMILES string of the molecule is CC(C)CC[C@H](C)N[C@@H](CO)CC(C)C. The summed E-state index contributed by atoms with van der Waals surface area (Å²) in [7, 11) is 0. The first-order valence-electron chi connectivity index (χ1n) is 6.32. The zero-order chi connectivity index (χ0) is 11.8. The summed E-state index contributed by atoms with van der Waals surface area (Å²) in [5.74, 6) is 1.42. The van der Waals surface area contributed by atoms with Crippen LogP contribution in [0.4, 0.5) is 0 Å². The predicted molar refractivity (Wildman–Crippen MR) is 67.0 cm³/mol. The molecule has 92 valence electrons. The molecule has 0 spiro atoms. The average Bonchev–Trinajstić information content (AvgIpc) is 2.13. The van der Waals surface area contributed by atoms with Crippen LogP contribution in [0.5, 0.6) is 0 Å². The highest BCUT2D eigenvalue weighted by Crippen LogP contribution is 2.09. The molecule has 0 aliphatic rings. The van der Waals surface area contributed by atoms with Crippen molar-refractivity contribution in [2.24, 2.45) is 11.8 Å². The summed E-state index contributed by atoms with van der Waals surface area (Å²) in [6.45, 7) is 11.4. The molecule has 2 nitrogen and oxygen atoms in total. The molecule has 0 rings (SSSR count). The first-order valence-corrected chi connectivity index (χ1v) is 6.32. The van der Waals surface area contributed by atoms with Crippen LogP contribution < -0.4 is 5.32 Å². The molecule has 2 N–H and O–H groups in total. The van der Waals surface area contributed by atoms with Crippen LogP contribution in [0.2, 0.25) is 0 Å². The van der Waals surface area contributed by atoms with E-state index in [9.17, 15) is 5.11 Å². The van der Waals surface area contributed by atoms with Crippen molar-refractivity contribution in [3.63, 3.8) is 0 Å². The van der Waals surface area contributed by atoms with Gasteiger partial charge >= 0.3 is 0 Å². The summed E-state index contributed by atoms with van der Waals surface area (Å²) in [6, 6.07) is 0.787. The maximum atomic E-state index is 9.24. The number of aliphatic hydroxyl groups excluding tert-OH is 1. The Balaban J connectivity index is 3.74. The second-order valence-corrected chi connectivity index (χ2v) is 5.55. The molecule has 0 aromatic carbocycles. The fourth-order valence-electron chi connectivity index (χ4n) is 1.83. The van der Waals surface area contributed by atoms with Gasteiger partial charge in [0.25, 0.3) is 0 Å². The van der Waals surface area contributed by atoms with Gasteiger partial charge in [-0.2, -0.15) is 0 Å². The van der Waals surface area contributed by atoms with Gasteiger partial charge in [0.1, 0.15) is 0 Å². The zero-order valence-electron chi connectivity index (χ0n) is 11.1. The molecule has 0 saturated heterocycles. The van der Waals surface area contributed by atoms with Gasteiger partial charge in [0.2, 0.25) is 0 Å². The lowest BCUT2D eigenvalue weighted by Gasteiger charge is -2.23. The number of nitrogens with one attached hydrogen (secondary N) is 1. The van der Waals surface area contributed by atoms with E-state index in [0.29, 0.717) is 12.0 Å². The van der Waals surface area contributed by atoms with Gasteiger partial charge in [-0.25, -0.2) is 0 Å². The highest BCUT2D eigenvalue weighted by atomic mass is 16.3. The van der Waals surface area contributed by atoms with Crippen molar-refractivity contribution >= 4 is 0 Å². The standard InChI is InChI=1S/C13H29NO/c1-10(2)6-7-12(5)14-13(9-15)8-11(3)4/h10-15H,6-9H2,1-5H3/t12-,13+/m0/s1. The van der Waals surface area contributed by atoms with Gasteiger partial charge < -0.3 is 10.4 Å². The van der Waals surface area contributed by atoms with Crippen molar-refractivity contribution < 1.29 is 5.11 Å². The third-order valence-corrected chi connectivity index (χ3v) is 2.67. The predicted octanol–water partition coefficient (Wildman–Crippen LogP) is 2.81. The molecule has 0 amide bonds. The van der Waals surface area contributed by atoms with Crippen LogP contribution in [0.1, 0.15) is 53.9 Å². The fraction of sp³-hybridized carbons (Fsp3) is 1.00. The summed E-state index contributed by atoms with van der Waals surface area (Å²) in [5.41, 5.74) is 0. The van der Waals surface area contributed by atoms with Crippen LogP contribution in [0.25, 0.3) is 0 Å². The molecule has 0 aliphatic carbocycles. The van der Waals surface area contributed by atoms with Crippen LogP contribution >= 0.6 is 0 Å². The highest BCUT2D eigenvalue weighted by molar-refractivity contribution is 4.72. The van der Waals surface area contributed by atoms with Gasteiger partial charge in [-0.3, -0.25) is 0 Å². The van der Waals surface area contributed by atoms with Crippen molar-refractivity contribution in [3.05, 3.63) is 0 Å². The average molecular weight is 215 g/mol. The first kappa shape index (κ1) is 14.9. The monoisotopic (exact) mass is 215 g/mol. The molecule has 2 heteroatoms. The van der Waals surface area contributed by atoms with Crippen molar-refractivity contribution in [2.75, 3.05) is 6.61 Å². The number of aliphatic hydroxyl groups is 1. The van der Waals surface area contributed by atoms with Gasteiger partial charge in [-0.15, -0.1) is 0 Å². The Bertz CT molecular complexity index is 145. The van der Waals surface area contributed by atoms with Crippen LogP contribution in [-0.4, -0.2) is 23.8 Å². The Labute approximate surface area is 95.5 Å². The summed E-state index contributed by atoms with van der Waals surface area (Å²) >= 11 is 0. The lowest BCUT2D eigenvalue weighted by Crippen LogP contribution is -2.40. The van der Waals surface area contributed by atoms with Crippen LogP contribution in [0.15, 0.2) is 0 Å². The largest absolute Gasteiger partial charge is 0.395 e. The third-order valence-electron chi connectivity index (χ3n) is 2.67. The molecule has 0 aliphatic heterocycles. The smallest absolute Gasteiger partial charge is 0.0584 e. The van der Waals surface area contributed by atoms with Crippen LogP contribution in [0, 0.1) is 11.8 Å². The lowest BCUT2D eigenvalue weighted by molar-refractivity contribution is 0.211. The summed E-state index contributed by atoms with van der Waals surface area (Å²) < 4.78 is 0. The van der Waals surface area contributed by atoms with E-state index in [1.165, 1.54) is 12.8 Å². The zero-order valence-corrected chi connectivity index (χ0v) is 11.1. The minimum Gasteiger partial charge on any atom is -0.395 e. The minimum absolute atomic E-state index is 0.254. The normalized spacial score (nSPS) is 16.0. The van der Waals surface area contributed by atoms with E-state index in [1.54, 1.807) is 0 Å². The van der Waals surface area contributed by atoms with E-state index in [0.717, 1.165) is 12.3 Å². The molecular formula is C13H29NO. The molecule has 15 heavy (non-hydrogen) atoms. The molecule has 0 radical (unpaired) electrons. The highest BCUT2D eigenvalue weighted by Gasteiger charge is 2.12. The number of hydrogen-bond acceptors (Lipinski definition) is 2. The topological polar surface area (TPSA) is 32.3 Å². The lowest BCUT2D eigenvalue weighted by atomic mass is 10.0. The second-order valence-electron chi connectivity index (χ2n) is 5.55. The molecular weight excluding hydrogens is 186 g/mol. The van der Waals surface area contributed by atoms with Gasteiger partial charge in [0.15, 0.2) is 0 Å². The number of hydrogen-bond donors (Lipinski definition) is 2. The van der Waals surface area contributed by atoms with Gasteiger partial charge in [-0.05, 0) is 38.0 Å². The van der Waals surface area contributed by atoms with Crippen molar-refractivity contribution in [1.82, 2.24) is 5.32 Å². The molecule has 2 atom stereocenters. The Kier molecular flexibility index (Phi) is 8.07.